The monoisotopic (exact) mass is 472 g/mol. The molecule has 4 aliphatic carbocycles. The number of hydrogen-bond acceptors (Lipinski definition) is 3. The molecule has 0 saturated heterocycles. The van der Waals surface area contributed by atoms with Crippen molar-refractivity contribution in [1.29, 1.82) is 0 Å². The van der Waals surface area contributed by atoms with Crippen LogP contribution in [0, 0.1) is 40.4 Å². The number of fused-ring (bicyclic) bond motifs is 5. The van der Waals surface area contributed by atoms with E-state index in [0.29, 0.717) is 23.8 Å². The van der Waals surface area contributed by atoms with Gasteiger partial charge in [0.2, 0.25) is 5.91 Å². The highest BCUT2D eigenvalue weighted by molar-refractivity contribution is 5.78. The van der Waals surface area contributed by atoms with E-state index in [1.165, 1.54) is 37.7 Å². The van der Waals surface area contributed by atoms with Crippen LogP contribution in [0.4, 0.5) is 0 Å². The van der Waals surface area contributed by atoms with E-state index in [1.54, 1.807) is 0 Å². The summed E-state index contributed by atoms with van der Waals surface area (Å²) in [4.78, 5) is 15.1. The molecule has 4 saturated carbocycles. The summed E-state index contributed by atoms with van der Waals surface area (Å²) in [5.74, 6) is 3.59. The Balaban J connectivity index is 1.47. The molecule has 2 N–H and O–H groups in total. The first kappa shape index (κ1) is 26.2. The fraction of sp³-hybridized carbons (Fsp3) is 0.900. The predicted octanol–water partition coefficient (Wildman–Crippen LogP) is 5.80. The van der Waals surface area contributed by atoms with Gasteiger partial charge in [0.25, 0.3) is 0 Å². The van der Waals surface area contributed by atoms with Crippen molar-refractivity contribution in [2.45, 2.75) is 118 Å². The third-order valence-corrected chi connectivity index (χ3v) is 11.9. The van der Waals surface area contributed by atoms with E-state index in [1.807, 2.05) is 6.92 Å². The number of allylic oxidation sites excluding steroid dienone is 1. The number of rotatable bonds is 5. The summed E-state index contributed by atoms with van der Waals surface area (Å²) in [6, 6.07) is 0.562. The molecule has 4 aliphatic rings. The maximum absolute atomic E-state index is 12.7. The number of aliphatic hydroxyl groups excluding tert-OH is 1. The number of amides is 1. The Kier molecular flexibility index (Phi) is 7.35. The highest BCUT2D eigenvalue weighted by Gasteiger charge is 2.62. The molecule has 0 bridgehead atoms. The van der Waals surface area contributed by atoms with Gasteiger partial charge in [-0.1, -0.05) is 25.0 Å². The van der Waals surface area contributed by atoms with E-state index in [9.17, 15) is 9.90 Å². The Morgan fingerprint density at radius 3 is 2.21 bits per heavy atom. The summed E-state index contributed by atoms with van der Waals surface area (Å²) < 4.78 is 0. The fourth-order valence-electron chi connectivity index (χ4n) is 9.36. The molecule has 4 fully saturated rings. The van der Waals surface area contributed by atoms with Crippen molar-refractivity contribution in [1.82, 2.24) is 10.2 Å². The lowest BCUT2D eigenvalue weighted by Gasteiger charge is -2.62. The van der Waals surface area contributed by atoms with Crippen LogP contribution in [0.2, 0.25) is 0 Å². The van der Waals surface area contributed by atoms with Crippen molar-refractivity contribution in [2.75, 3.05) is 14.1 Å². The molecule has 0 aliphatic heterocycles. The number of aliphatic hydroxyl groups is 1. The molecule has 0 unspecified atom stereocenters. The molecule has 0 aromatic rings. The first-order chi connectivity index (χ1) is 15.9. The van der Waals surface area contributed by atoms with Crippen LogP contribution in [-0.4, -0.2) is 48.2 Å². The van der Waals surface area contributed by atoms with Crippen molar-refractivity contribution < 1.29 is 9.90 Å². The molecular weight excluding hydrogens is 420 g/mol. The Morgan fingerprint density at radius 1 is 0.941 bits per heavy atom. The normalized spacial score (nSPS) is 44.6. The van der Waals surface area contributed by atoms with Crippen LogP contribution in [0.15, 0.2) is 11.1 Å². The average Bonchev–Trinajstić information content (AvgIpc) is 3.12. The summed E-state index contributed by atoms with van der Waals surface area (Å²) in [5.41, 5.74) is 3.03. The van der Waals surface area contributed by atoms with Gasteiger partial charge in [-0.2, -0.15) is 0 Å². The summed E-state index contributed by atoms with van der Waals surface area (Å²) in [7, 11) is 4.50. The van der Waals surface area contributed by atoms with Crippen LogP contribution in [0.3, 0.4) is 0 Å². The van der Waals surface area contributed by atoms with E-state index in [2.05, 4.69) is 58.9 Å². The zero-order valence-electron chi connectivity index (χ0n) is 23.3. The summed E-state index contributed by atoms with van der Waals surface area (Å²) in [5, 5.41) is 14.7. The van der Waals surface area contributed by atoms with E-state index < -0.39 is 6.10 Å². The summed E-state index contributed by atoms with van der Waals surface area (Å²) in [6.07, 6.45) is 9.94. The molecule has 0 heterocycles. The van der Waals surface area contributed by atoms with Crippen LogP contribution in [0.1, 0.15) is 99.3 Å². The molecule has 4 heteroatoms. The smallest absolute Gasteiger partial charge is 0.224 e. The van der Waals surface area contributed by atoms with Crippen LogP contribution in [0.5, 0.6) is 0 Å². The first-order valence-electron chi connectivity index (χ1n) is 14.2. The predicted molar refractivity (Wildman–Crippen MR) is 140 cm³/mol. The zero-order chi connectivity index (χ0) is 25.0. The van der Waals surface area contributed by atoms with Crippen LogP contribution in [-0.2, 0) is 4.79 Å². The van der Waals surface area contributed by atoms with Gasteiger partial charge in [0, 0.05) is 12.5 Å². The Morgan fingerprint density at radius 2 is 1.56 bits per heavy atom. The van der Waals surface area contributed by atoms with E-state index in [-0.39, 0.29) is 17.4 Å². The van der Waals surface area contributed by atoms with Crippen molar-refractivity contribution in [3.63, 3.8) is 0 Å². The van der Waals surface area contributed by atoms with Gasteiger partial charge >= 0.3 is 0 Å². The fourth-order valence-corrected chi connectivity index (χ4v) is 9.36. The summed E-state index contributed by atoms with van der Waals surface area (Å²) >= 11 is 0. The Hall–Kier alpha value is -0.870. The van der Waals surface area contributed by atoms with Gasteiger partial charge in [0.1, 0.15) is 0 Å². The van der Waals surface area contributed by atoms with Gasteiger partial charge in [-0.3, -0.25) is 4.79 Å². The number of carbonyl (C=O) groups excluding carboxylic acids is 1. The summed E-state index contributed by atoms with van der Waals surface area (Å²) in [6.45, 7) is 13.7. The lowest BCUT2D eigenvalue weighted by atomic mass is 9.44. The minimum atomic E-state index is -0.408. The molecule has 4 rings (SSSR count). The Bertz CT molecular complexity index is 802. The molecule has 0 radical (unpaired) electrons. The van der Waals surface area contributed by atoms with Crippen LogP contribution >= 0.6 is 0 Å². The topological polar surface area (TPSA) is 52.6 Å². The molecule has 194 valence electrons. The first-order valence-corrected chi connectivity index (χ1v) is 14.2. The van der Waals surface area contributed by atoms with Crippen LogP contribution in [0.25, 0.3) is 0 Å². The molecule has 34 heavy (non-hydrogen) atoms. The second kappa shape index (κ2) is 9.54. The maximum atomic E-state index is 12.7. The van der Waals surface area contributed by atoms with E-state index in [4.69, 9.17) is 0 Å². The van der Waals surface area contributed by atoms with Crippen molar-refractivity contribution in [3.05, 3.63) is 11.1 Å². The van der Waals surface area contributed by atoms with Crippen molar-refractivity contribution >= 4 is 5.91 Å². The molecule has 0 spiro atoms. The van der Waals surface area contributed by atoms with Gasteiger partial charge in [0.15, 0.2) is 0 Å². The highest BCUT2D eigenvalue weighted by atomic mass is 16.3. The maximum Gasteiger partial charge on any atom is 0.224 e. The second-order valence-corrected chi connectivity index (χ2v) is 13.7. The molecule has 4 nitrogen and oxygen atoms in total. The molecule has 10 atom stereocenters. The number of hydrogen-bond donors (Lipinski definition) is 2. The number of nitrogens with one attached hydrogen (secondary N) is 1. The van der Waals surface area contributed by atoms with Gasteiger partial charge in [-0.05, 0) is 134 Å². The number of nitrogens with zero attached hydrogens (tertiary/aromatic N) is 1. The van der Waals surface area contributed by atoms with E-state index in [0.717, 1.165) is 48.5 Å². The minimum absolute atomic E-state index is 0.0699. The molecule has 0 aromatic carbocycles. The minimum Gasteiger partial charge on any atom is -0.391 e. The Labute approximate surface area is 209 Å². The van der Waals surface area contributed by atoms with Gasteiger partial charge in [-0.15, -0.1) is 0 Å². The third kappa shape index (κ3) is 4.29. The highest BCUT2D eigenvalue weighted by Crippen LogP contribution is 2.67. The molecular formula is C30H52N2O2. The van der Waals surface area contributed by atoms with Crippen molar-refractivity contribution in [3.8, 4) is 0 Å². The average molecular weight is 473 g/mol. The number of carbonyl (C=O) groups is 1. The van der Waals surface area contributed by atoms with Crippen LogP contribution < -0.4 is 5.32 Å². The third-order valence-electron chi connectivity index (χ3n) is 11.9. The lowest BCUT2D eigenvalue weighted by Crippen LogP contribution is -2.61. The van der Waals surface area contributed by atoms with Gasteiger partial charge in [-0.25, -0.2) is 0 Å². The SMILES string of the molecule is CC(C)=C(C)CC(=O)N[C@H]1CC[C@@]2(C)[C@@H](CC[C@@H]3[C@@H]2CC[C@]2(C)[C@@H]([C@H](C)N(C)C)CC[C@@H]32)[C@H]1O. The lowest BCUT2D eigenvalue weighted by molar-refractivity contribution is -0.155. The molecule has 1 amide bonds. The molecule has 0 aromatic heterocycles. The largest absolute Gasteiger partial charge is 0.391 e. The second-order valence-electron chi connectivity index (χ2n) is 13.7. The van der Waals surface area contributed by atoms with Gasteiger partial charge in [0.05, 0.1) is 12.1 Å². The van der Waals surface area contributed by atoms with Gasteiger partial charge < -0.3 is 15.3 Å². The quantitative estimate of drug-likeness (QED) is 0.497. The van der Waals surface area contributed by atoms with Crippen molar-refractivity contribution in [2.24, 2.45) is 40.4 Å². The standard InChI is InChI=1S/C30H52N2O2/c1-18(2)19(3)17-27(33)31-26-14-16-30(6)24-13-15-29(5)22(20(4)32(7)8)11-12-23(29)21(24)9-10-25(30)28(26)34/h20-26,28,34H,9-17H2,1-8H3,(H,31,33)/t20-,21-,22+,23-,24-,25-,26-,28+,29+,30+/m0/s1. The van der Waals surface area contributed by atoms with E-state index >= 15 is 0 Å². The zero-order valence-corrected chi connectivity index (χ0v) is 23.3.